The summed E-state index contributed by atoms with van der Waals surface area (Å²) in [7, 11) is -3.45. The van der Waals surface area contributed by atoms with E-state index in [1.165, 1.54) is 0 Å². The normalized spacial score (nSPS) is 23.1. The predicted octanol–water partition coefficient (Wildman–Crippen LogP) is 2.46. The summed E-state index contributed by atoms with van der Waals surface area (Å²) in [6, 6.07) is 5.06. The molecule has 2 N–H and O–H groups in total. The molecule has 0 saturated carbocycles. The van der Waals surface area contributed by atoms with E-state index in [0.717, 1.165) is 23.0 Å². The molecule has 1 aliphatic heterocycles. The lowest BCUT2D eigenvalue weighted by atomic mass is 9.96. The van der Waals surface area contributed by atoms with Gasteiger partial charge < -0.3 is 5.32 Å². The first-order chi connectivity index (χ1) is 8.90. The molecule has 0 aliphatic carbocycles. The van der Waals surface area contributed by atoms with Crippen LogP contribution in [0.5, 0.6) is 0 Å². The van der Waals surface area contributed by atoms with Crippen LogP contribution in [0.4, 0.5) is 0 Å². The van der Waals surface area contributed by atoms with Gasteiger partial charge >= 0.3 is 0 Å². The first-order valence-corrected chi connectivity index (χ1v) is 8.67. The molecule has 1 heterocycles. The summed E-state index contributed by atoms with van der Waals surface area (Å²) in [6.07, 6.45) is 0.991. The van der Waals surface area contributed by atoms with Gasteiger partial charge in [0.25, 0.3) is 0 Å². The van der Waals surface area contributed by atoms with Crippen molar-refractivity contribution >= 4 is 38.4 Å². The van der Waals surface area contributed by atoms with Gasteiger partial charge in [0.2, 0.25) is 10.0 Å². The van der Waals surface area contributed by atoms with E-state index >= 15 is 0 Å². The summed E-state index contributed by atoms with van der Waals surface area (Å²) in [5.74, 6) is 0.352. The first kappa shape index (κ1) is 17.9. The van der Waals surface area contributed by atoms with Crippen molar-refractivity contribution in [1.82, 2.24) is 10.0 Å². The smallest absolute Gasteiger partial charge is 0.240 e. The number of benzene rings is 1. The van der Waals surface area contributed by atoms with Gasteiger partial charge in [-0.2, -0.15) is 0 Å². The van der Waals surface area contributed by atoms with Gasteiger partial charge in [-0.25, -0.2) is 13.1 Å². The van der Waals surface area contributed by atoms with Crippen LogP contribution in [0.2, 0.25) is 0 Å². The number of sulfonamides is 1. The Bertz CT molecular complexity index is 565. The van der Waals surface area contributed by atoms with Crippen molar-refractivity contribution in [3.05, 3.63) is 28.2 Å². The maximum Gasteiger partial charge on any atom is 0.240 e. The van der Waals surface area contributed by atoms with Gasteiger partial charge in [0.1, 0.15) is 0 Å². The molecule has 1 aromatic rings. The summed E-state index contributed by atoms with van der Waals surface area (Å²) in [4.78, 5) is 0.308. The average Bonchev–Trinajstić information content (AvgIpc) is 2.35. The van der Waals surface area contributed by atoms with Gasteiger partial charge in [-0.05, 0) is 43.5 Å². The molecule has 20 heavy (non-hydrogen) atoms. The standard InChI is InChI=1S/C13H19BrN2O2S.ClH/c1-9-3-4-11(7-12(9)14)19(17,18)16-13-8-15-6-5-10(13)2;/h3-4,7,10,13,15-16H,5-6,8H2,1-2H3;1H. The third-order valence-electron chi connectivity index (χ3n) is 3.59. The van der Waals surface area contributed by atoms with Crippen LogP contribution in [0.3, 0.4) is 0 Å². The van der Waals surface area contributed by atoms with Crippen LogP contribution >= 0.6 is 28.3 Å². The Labute approximate surface area is 135 Å². The molecular weight excluding hydrogens is 364 g/mol. The van der Waals surface area contributed by atoms with Gasteiger partial charge in [-0.15, -0.1) is 12.4 Å². The third kappa shape index (κ3) is 4.18. The van der Waals surface area contributed by atoms with Crippen LogP contribution in [-0.4, -0.2) is 27.5 Å². The lowest BCUT2D eigenvalue weighted by Crippen LogP contribution is -2.50. The van der Waals surface area contributed by atoms with E-state index in [-0.39, 0.29) is 18.4 Å². The molecular formula is C13H20BrClN2O2S. The van der Waals surface area contributed by atoms with Gasteiger partial charge in [-0.1, -0.05) is 28.9 Å². The zero-order valence-electron chi connectivity index (χ0n) is 11.5. The SMILES string of the molecule is Cc1ccc(S(=O)(=O)NC2CNCCC2C)cc1Br.Cl. The van der Waals surface area contributed by atoms with E-state index in [0.29, 0.717) is 17.4 Å². The molecule has 114 valence electrons. The highest BCUT2D eigenvalue weighted by Gasteiger charge is 2.26. The Morgan fingerprint density at radius 1 is 1.40 bits per heavy atom. The van der Waals surface area contributed by atoms with Crippen LogP contribution in [-0.2, 0) is 10.0 Å². The summed E-state index contributed by atoms with van der Waals surface area (Å²) in [5, 5.41) is 3.22. The topological polar surface area (TPSA) is 58.2 Å². The highest BCUT2D eigenvalue weighted by molar-refractivity contribution is 9.10. The van der Waals surface area contributed by atoms with Gasteiger partial charge in [0.15, 0.2) is 0 Å². The minimum absolute atomic E-state index is 0. The molecule has 0 bridgehead atoms. The number of piperidine rings is 1. The molecule has 2 unspecified atom stereocenters. The fraction of sp³-hybridized carbons (Fsp3) is 0.538. The molecule has 1 aromatic carbocycles. The lowest BCUT2D eigenvalue weighted by molar-refractivity contribution is 0.327. The lowest BCUT2D eigenvalue weighted by Gasteiger charge is -2.30. The van der Waals surface area contributed by atoms with Crippen molar-refractivity contribution in [3.63, 3.8) is 0 Å². The molecule has 0 radical (unpaired) electrons. The average molecular weight is 384 g/mol. The second kappa shape index (κ2) is 7.22. The summed E-state index contributed by atoms with van der Waals surface area (Å²) in [5.41, 5.74) is 1.02. The van der Waals surface area contributed by atoms with Crippen molar-refractivity contribution in [2.45, 2.75) is 31.2 Å². The molecule has 0 spiro atoms. The largest absolute Gasteiger partial charge is 0.315 e. The summed E-state index contributed by atoms with van der Waals surface area (Å²) >= 11 is 3.37. The molecule has 2 rings (SSSR count). The summed E-state index contributed by atoms with van der Waals surface area (Å²) in [6.45, 7) is 5.66. The Morgan fingerprint density at radius 2 is 2.10 bits per heavy atom. The predicted molar refractivity (Wildman–Crippen MR) is 86.9 cm³/mol. The quantitative estimate of drug-likeness (QED) is 0.843. The second-order valence-electron chi connectivity index (χ2n) is 5.11. The molecule has 4 nitrogen and oxygen atoms in total. The van der Waals surface area contributed by atoms with Crippen molar-refractivity contribution in [1.29, 1.82) is 0 Å². The van der Waals surface area contributed by atoms with Crippen molar-refractivity contribution in [2.75, 3.05) is 13.1 Å². The Hall–Kier alpha value is -0.140. The van der Waals surface area contributed by atoms with Crippen LogP contribution in [0.25, 0.3) is 0 Å². The Balaban J connectivity index is 0.00000200. The van der Waals surface area contributed by atoms with E-state index in [2.05, 4.69) is 32.9 Å². The number of rotatable bonds is 3. The van der Waals surface area contributed by atoms with E-state index in [1.807, 2.05) is 6.92 Å². The number of aryl methyl sites for hydroxylation is 1. The van der Waals surface area contributed by atoms with Gasteiger partial charge in [0, 0.05) is 17.1 Å². The zero-order valence-corrected chi connectivity index (χ0v) is 14.7. The van der Waals surface area contributed by atoms with E-state index < -0.39 is 10.0 Å². The second-order valence-corrected chi connectivity index (χ2v) is 7.68. The van der Waals surface area contributed by atoms with Gasteiger partial charge in [0.05, 0.1) is 4.90 Å². The maximum atomic E-state index is 12.3. The minimum Gasteiger partial charge on any atom is -0.315 e. The third-order valence-corrected chi connectivity index (χ3v) is 5.93. The van der Waals surface area contributed by atoms with E-state index in [1.54, 1.807) is 18.2 Å². The molecule has 1 aliphatic rings. The highest BCUT2D eigenvalue weighted by Crippen LogP contribution is 2.21. The molecule has 0 aromatic heterocycles. The Morgan fingerprint density at radius 3 is 2.70 bits per heavy atom. The fourth-order valence-corrected chi connectivity index (χ4v) is 4.06. The van der Waals surface area contributed by atoms with E-state index in [4.69, 9.17) is 0 Å². The molecule has 1 saturated heterocycles. The maximum absolute atomic E-state index is 12.3. The number of halogens is 2. The van der Waals surface area contributed by atoms with Crippen LogP contribution in [0.15, 0.2) is 27.6 Å². The highest BCUT2D eigenvalue weighted by atomic mass is 79.9. The number of hydrogen-bond acceptors (Lipinski definition) is 3. The van der Waals surface area contributed by atoms with Crippen LogP contribution < -0.4 is 10.0 Å². The molecule has 1 fully saturated rings. The van der Waals surface area contributed by atoms with Gasteiger partial charge in [-0.3, -0.25) is 0 Å². The molecule has 0 amide bonds. The van der Waals surface area contributed by atoms with Crippen molar-refractivity contribution < 1.29 is 8.42 Å². The minimum atomic E-state index is -3.45. The van der Waals surface area contributed by atoms with Crippen molar-refractivity contribution in [2.24, 2.45) is 5.92 Å². The fourth-order valence-electron chi connectivity index (χ4n) is 2.16. The monoisotopic (exact) mass is 382 g/mol. The van der Waals surface area contributed by atoms with Crippen LogP contribution in [0, 0.1) is 12.8 Å². The zero-order chi connectivity index (χ0) is 14.0. The number of hydrogen-bond donors (Lipinski definition) is 2. The molecule has 2 atom stereocenters. The first-order valence-electron chi connectivity index (χ1n) is 6.39. The molecule has 7 heteroatoms. The van der Waals surface area contributed by atoms with E-state index in [9.17, 15) is 8.42 Å². The van der Waals surface area contributed by atoms with Crippen molar-refractivity contribution in [3.8, 4) is 0 Å². The number of nitrogens with one attached hydrogen (secondary N) is 2. The van der Waals surface area contributed by atoms with Crippen LogP contribution in [0.1, 0.15) is 18.9 Å². The summed E-state index contributed by atoms with van der Waals surface area (Å²) < 4.78 is 28.3. The Kier molecular flexibility index (Phi) is 6.47.